The molecule has 2 heterocycles. The molecular weight excluding hydrogens is 426 g/mol. The molecule has 0 radical (unpaired) electrons. The molecule has 1 unspecified atom stereocenters. The molecule has 1 atom stereocenters. The van der Waals surface area contributed by atoms with Gasteiger partial charge < -0.3 is 29.0 Å². The molecule has 0 aliphatic carbocycles. The lowest BCUT2D eigenvalue weighted by molar-refractivity contribution is -0.130. The number of furan rings is 1. The Balaban J connectivity index is 1.77. The zero-order chi connectivity index (χ0) is 23.7. The van der Waals surface area contributed by atoms with Crippen LogP contribution in [-0.4, -0.2) is 53.2 Å². The Hall–Kier alpha value is -3.78. The lowest BCUT2D eigenvalue weighted by atomic mass is 9.94. The number of carbonyl (C=O) groups is 2. The Kier molecular flexibility index (Phi) is 6.11. The number of aliphatic hydroxyl groups excluding tert-OH is 1. The maximum Gasteiger partial charge on any atom is 0.290 e. The van der Waals surface area contributed by atoms with Crippen molar-refractivity contribution >= 4 is 22.7 Å². The number of methoxy groups -OCH3 is 1. The summed E-state index contributed by atoms with van der Waals surface area (Å²) in [5, 5.41) is 21.8. The molecule has 2 aromatic carbocycles. The van der Waals surface area contributed by atoms with Crippen LogP contribution in [0.2, 0.25) is 0 Å². The summed E-state index contributed by atoms with van der Waals surface area (Å²) < 4.78 is 16.4. The number of ketones is 1. The number of rotatable bonds is 8. The number of benzene rings is 2. The number of hydrogen-bond acceptors (Lipinski definition) is 7. The average molecular weight is 451 g/mol. The first-order valence-corrected chi connectivity index (χ1v) is 10.6. The normalized spacial score (nSPS) is 16.3. The highest BCUT2D eigenvalue weighted by molar-refractivity contribution is 6.16. The molecule has 0 saturated heterocycles. The van der Waals surface area contributed by atoms with Crippen LogP contribution in [0, 0.1) is 0 Å². The van der Waals surface area contributed by atoms with Crippen molar-refractivity contribution in [1.82, 2.24) is 4.90 Å². The Labute approximate surface area is 190 Å². The van der Waals surface area contributed by atoms with Crippen LogP contribution < -0.4 is 4.74 Å². The standard InChI is InChI=1S/C25H25NO7/c1-14(2)32-11-10-26-22(16-8-9-19(31-3)17(27)12-16)21(24(29)25(26)30)23(28)20-13-15-6-4-5-7-18(15)33-20/h4-9,12-14,22,27,29H,10-11H2,1-3H3. The van der Waals surface area contributed by atoms with Gasteiger partial charge in [-0.25, -0.2) is 0 Å². The minimum Gasteiger partial charge on any atom is -0.504 e. The van der Waals surface area contributed by atoms with Gasteiger partial charge in [0.05, 0.1) is 31.4 Å². The number of Topliss-reactive ketones (excluding diaryl/α,β-unsaturated/α-hetero) is 1. The van der Waals surface area contributed by atoms with Gasteiger partial charge in [-0.05, 0) is 43.7 Å². The van der Waals surface area contributed by atoms with E-state index >= 15 is 0 Å². The molecule has 2 N–H and O–H groups in total. The largest absolute Gasteiger partial charge is 0.504 e. The molecule has 0 fully saturated rings. The van der Waals surface area contributed by atoms with E-state index in [4.69, 9.17) is 13.9 Å². The molecule has 3 aromatic rings. The summed E-state index contributed by atoms with van der Waals surface area (Å²) in [5.74, 6) is -1.84. The molecule has 0 bridgehead atoms. The van der Waals surface area contributed by atoms with E-state index in [-0.39, 0.29) is 42.1 Å². The topological polar surface area (TPSA) is 109 Å². The molecule has 0 spiro atoms. The Morgan fingerprint density at radius 2 is 1.91 bits per heavy atom. The van der Waals surface area contributed by atoms with Gasteiger partial charge in [0, 0.05) is 11.9 Å². The third kappa shape index (κ3) is 4.17. The highest BCUT2D eigenvalue weighted by Crippen LogP contribution is 2.41. The quantitative estimate of drug-likeness (QED) is 0.495. The van der Waals surface area contributed by atoms with Gasteiger partial charge in [0.15, 0.2) is 23.0 Å². The molecule has 1 aliphatic heterocycles. The van der Waals surface area contributed by atoms with Crippen molar-refractivity contribution in [2.75, 3.05) is 20.3 Å². The molecule has 33 heavy (non-hydrogen) atoms. The molecule has 1 amide bonds. The van der Waals surface area contributed by atoms with Crippen LogP contribution in [-0.2, 0) is 9.53 Å². The van der Waals surface area contributed by atoms with Crippen LogP contribution in [0.4, 0.5) is 0 Å². The predicted molar refractivity (Wildman–Crippen MR) is 120 cm³/mol. The van der Waals surface area contributed by atoms with E-state index < -0.39 is 23.5 Å². The van der Waals surface area contributed by atoms with Gasteiger partial charge in [0.25, 0.3) is 5.91 Å². The lowest BCUT2D eigenvalue weighted by Gasteiger charge is -2.27. The third-order valence-electron chi connectivity index (χ3n) is 5.50. The fourth-order valence-electron chi connectivity index (χ4n) is 3.95. The van der Waals surface area contributed by atoms with Crippen molar-refractivity contribution in [3.8, 4) is 11.5 Å². The predicted octanol–water partition coefficient (Wildman–Crippen LogP) is 4.15. The number of carbonyl (C=O) groups excluding carboxylic acids is 2. The number of hydrogen-bond donors (Lipinski definition) is 2. The number of ether oxygens (including phenoxy) is 2. The number of phenolic OH excluding ortho intramolecular Hbond substituents is 1. The van der Waals surface area contributed by atoms with Crippen LogP contribution >= 0.6 is 0 Å². The summed E-state index contributed by atoms with van der Waals surface area (Å²) >= 11 is 0. The average Bonchev–Trinajstić information content (AvgIpc) is 3.33. The second-order valence-electron chi connectivity index (χ2n) is 7.99. The second-order valence-corrected chi connectivity index (χ2v) is 7.99. The Morgan fingerprint density at radius 1 is 1.15 bits per heavy atom. The van der Waals surface area contributed by atoms with Crippen molar-refractivity contribution in [1.29, 1.82) is 0 Å². The van der Waals surface area contributed by atoms with Crippen LogP contribution in [0.25, 0.3) is 11.0 Å². The van der Waals surface area contributed by atoms with E-state index in [0.717, 1.165) is 5.39 Å². The van der Waals surface area contributed by atoms with E-state index in [9.17, 15) is 19.8 Å². The van der Waals surface area contributed by atoms with Crippen molar-refractivity contribution < 1.29 is 33.7 Å². The van der Waals surface area contributed by atoms with Crippen LogP contribution in [0.15, 0.2) is 64.3 Å². The van der Waals surface area contributed by atoms with Crippen LogP contribution in [0.1, 0.15) is 36.0 Å². The highest BCUT2D eigenvalue weighted by atomic mass is 16.5. The van der Waals surface area contributed by atoms with E-state index in [1.165, 1.54) is 24.1 Å². The molecule has 8 nitrogen and oxygen atoms in total. The van der Waals surface area contributed by atoms with Gasteiger partial charge in [0.2, 0.25) is 5.78 Å². The van der Waals surface area contributed by atoms with Crippen LogP contribution in [0.5, 0.6) is 11.5 Å². The first-order valence-electron chi connectivity index (χ1n) is 10.6. The molecular formula is C25H25NO7. The van der Waals surface area contributed by atoms with E-state index in [2.05, 4.69) is 0 Å². The summed E-state index contributed by atoms with van der Waals surface area (Å²) in [4.78, 5) is 27.8. The number of aromatic hydroxyl groups is 1. The number of para-hydroxylation sites is 1. The van der Waals surface area contributed by atoms with E-state index in [0.29, 0.717) is 11.1 Å². The zero-order valence-electron chi connectivity index (χ0n) is 18.6. The SMILES string of the molecule is COc1ccc(C2C(C(=O)c3cc4ccccc4o3)=C(O)C(=O)N2CCOC(C)C)cc1O. The fourth-order valence-corrected chi connectivity index (χ4v) is 3.95. The second kappa shape index (κ2) is 8.99. The van der Waals surface area contributed by atoms with Crippen LogP contribution in [0.3, 0.4) is 0 Å². The van der Waals surface area contributed by atoms with E-state index in [1.807, 2.05) is 19.9 Å². The number of phenols is 1. The van der Waals surface area contributed by atoms with Crippen molar-refractivity contribution in [2.24, 2.45) is 0 Å². The zero-order valence-corrected chi connectivity index (χ0v) is 18.6. The molecule has 172 valence electrons. The molecule has 1 aliphatic rings. The maximum absolute atomic E-state index is 13.5. The summed E-state index contributed by atoms with van der Waals surface area (Å²) in [6, 6.07) is 12.4. The van der Waals surface area contributed by atoms with Gasteiger partial charge in [-0.1, -0.05) is 24.3 Å². The number of aliphatic hydroxyl groups is 1. The lowest BCUT2D eigenvalue weighted by Crippen LogP contribution is -2.34. The van der Waals surface area contributed by atoms with Crippen molar-refractivity contribution in [2.45, 2.75) is 26.0 Å². The minimum absolute atomic E-state index is 0.00793. The third-order valence-corrected chi connectivity index (χ3v) is 5.50. The number of nitrogens with zero attached hydrogens (tertiary/aromatic N) is 1. The Morgan fingerprint density at radius 3 is 2.58 bits per heavy atom. The summed E-state index contributed by atoms with van der Waals surface area (Å²) in [6.45, 7) is 4.09. The molecule has 8 heteroatoms. The van der Waals surface area contributed by atoms with Gasteiger partial charge in [0.1, 0.15) is 5.58 Å². The number of amides is 1. The molecule has 0 saturated carbocycles. The summed E-state index contributed by atoms with van der Waals surface area (Å²) in [5.41, 5.74) is 0.842. The van der Waals surface area contributed by atoms with Gasteiger partial charge >= 0.3 is 0 Å². The smallest absolute Gasteiger partial charge is 0.290 e. The maximum atomic E-state index is 13.5. The highest BCUT2D eigenvalue weighted by Gasteiger charge is 2.44. The van der Waals surface area contributed by atoms with Crippen molar-refractivity contribution in [3.05, 3.63) is 71.2 Å². The summed E-state index contributed by atoms with van der Waals surface area (Å²) in [6.07, 6.45) is -0.0515. The van der Waals surface area contributed by atoms with Gasteiger partial charge in [-0.15, -0.1) is 0 Å². The molecule has 4 rings (SSSR count). The molecule has 1 aromatic heterocycles. The number of fused-ring (bicyclic) bond motifs is 1. The van der Waals surface area contributed by atoms with Crippen molar-refractivity contribution in [3.63, 3.8) is 0 Å². The van der Waals surface area contributed by atoms with Gasteiger partial charge in [-0.3, -0.25) is 9.59 Å². The monoisotopic (exact) mass is 451 g/mol. The Bertz CT molecular complexity index is 1210. The summed E-state index contributed by atoms with van der Waals surface area (Å²) in [7, 11) is 1.42. The fraction of sp³-hybridized carbons (Fsp3) is 0.280. The first-order chi connectivity index (χ1) is 15.8. The first kappa shape index (κ1) is 22.4. The minimum atomic E-state index is -0.939. The van der Waals surface area contributed by atoms with E-state index in [1.54, 1.807) is 30.3 Å². The van der Waals surface area contributed by atoms with Gasteiger partial charge in [-0.2, -0.15) is 0 Å².